The summed E-state index contributed by atoms with van der Waals surface area (Å²) in [6.07, 6.45) is 2.11. The van der Waals surface area contributed by atoms with Crippen LogP contribution in [0.3, 0.4) is 0 Å². The van der Waals surface area contributed by atoms with Gasteiger partial charge in [-0.15, -0.1) is 0 Å². The van der Waals surface area contributed by atoms with E-state index in [4.69, 9.17) is 0 Å². The molecule has 24 heavy (non-hydrogen) atoms. The van der Waals surface area contributed by atoms with Crippen LogP contribution in [0.1, 0.15) is 21.6 Å². The lowest BCUT2D eigenvalue weighted by atomic mass is 9.98. The number of carbonyl (C=O) groups is 1. The minimum Gasteiger partial charge on any atom is -0.390 e. The summed E-state index contributed by atoms with van der Waals surface area (Å²) >= 11 is 0. The van der Waals surface area contributed by atoms with E-state index in [0.717, 1.165) is 19.5 Å². The van der Waals surface area contributed by atoms with Gasteiger partial charge in [0.25, 0.3) is 5.91 Å². The van der Waals surface area contributed by atoms with Gasteiger partial charge in [0.05, 0.1) is 12.1 Å². The van der Waals surface area contributed by atoms with Crippen LogP contribution in [0.4, 0.5) is 0 Å². The van der Waals surface area contributed by atoms with Crippen molar-refractivity contribution in [3.05, 3.63) is 53.3 Å². The second kappa shape index (κ2) is 6.03. The summed E-state index contributed by atoms with van der Waals surface area (Å²) in [6, 6.07) is 10.2. The molecule has 6 heteroatoms. The lowest BCUT2D eigenvalue weighted by Crippen LogP contribution is -2.45. The van der Waals surface area contributed by atoms with Crippen LogP contribution in [0.25, 0.3) is 0 Å². The van der Waals surface area contributed by atoms with Gasteiger partial charge in [0, 0.05) is 39.4 Å². The minimum absolute atomic E-state index is 0.00414. The molecule has 3 heterocycles. The van der Waals surface area contributed by atoms with Gasteiger partial charge in [-0.3, -0.25) is 14.4 Å². The lowest BCUT2D eigenvalue weighted by molar-refractivity contribution is 0.0732. The van der Waals surface area contributed by atoms with Crippen LogP contribution < -0.4 is 0 Å². The smallest absolute Gasteiger partial charge is 0.272 e. The largest absolute Gasteiger partial charge is 0.390 e. The maximum Gasteiger partial charge on any atom is 0.272 e. The van der Waals surface area contributed by atoms with Gasteiger partial charge in [0.1, 0.15) is 5.69 Å². The number of rotatable bonds is 2. The molecule has 0 spiro atoms. The highest BCUT2D eigenvalue weighted by Gasteiger charge is 2.39. The van der Waals surface area contributed by atoms with Crippen molar-refractivity contribution >= 4 is 5.91 Å². The molecule has 1 fully saturated rings. The molecular formula is C18H22N4O2. The van der Waals surface area contributed by atoms with E-state index in [-0.39, 0.29) is 11.9 Å². The summed E-state index contributed by atoms with van der Waals surface area (Å²) in [6.45, 7) is 2.71. The summed E-state index contributed by atoms with van der Waals surface area (Å²) in [4.78, 5) is 16.7. The van der Waals surface area contributed by atoms with Crippen LogP contribution in [0.15, 0.2) is 36.5 Å². The van der Waals surface area contributed by atoms with Gasteiger partial charge in [-0.2, -0.15) is 5.10 Å². The number of nitrogens with zero attached hydrogens (tertiary/aromatic N) is 4. The number of hydrogen-bond donors (Lipinski definition) is 1. The number of β-amino-alcohol motifs (C(OH)–C–C–N with tert-alkyl or cyclic N) is 1. The van der Waals surface area contributed by atoms with Crippen molar-refractivity contribution in [1.29, 1.82) is 0 Å². The molecule has 1 aromatic carbocycles. The Morgan fingerprint density at radius 2 is 2.00 bits per heavy atom. The number of aliphatic hydroxyl groups is 1. The quantitative estimate of drug-likeness (QED) is 0.881. The van der Waals surface area contributed by atoms with E-state index in [9.17, 15) is 9.90 Å². The second-order valence-electron chi connectivity index (χ2n) is 6.67. The van der Waals surface area contributed by atoms with E-state index in [1.807, 2.05) is 0 Å². The Morgan fingerprint density at radius 3 is 2.75 bits per heavy atom. The monoisotopic (exact) mass is 326 g/mol. The number of hydrogen-bond acceptors (Lipinski definition) is 4. The standard InChI is InChI=1S/C18H22N4O2/c1-20-15(6-8-19-20)18(24)22-11-16(17(23)12-22)21-9-7-13-4-2-3-5-14(13)10-21/h2-6,8,16-17,23H,7,9-12H2,1H3/t16-,17-/m1/s1. The Morgan fingerprint density at radius 1 is 1.21 bits per heavy atom. The van der Waals surface area contributed by atoms with Crippen LogP contribution in [0, 0.1) is 0 Å². The number of aryl methyl sites for hydroxylation is 1. The molecule has 126 valence electrons. The Balaban J connectivity index is 1.48. The third-order valence-corrected chi connectivity index (χ3v) is 5.22. The molecule has 0 bridgehead atoms. The first-order valence-electron chi connectivity index (χ1n) is 8.39. The molecule has 0 unspecified atom stereocenters. The van der Waals surface area contributed by atoms with Crippen LogP contribution in [-0.2, 0) is 20.0 Å². The Kier molecular flexibility index (Phi) is 3.86. The molecule has 2 atom stereocenters. The topological polar surface area (TPSA) is 61.6 Å². The second-order valence-corrected chi connectivity index (χ2v) is 6.67. The van der Waals surface area contributed by atoms with Crippen LogP contribution >= 0.6 is 0 Å². The molecule has 2 aliphatic heterocycles. The van der Waals surface area contributed by atoms with E-state index in [0.29, 0.717) is 18.8 Å². The van der Waals surface area contributed by atoms with Crippen molar-refractivity contribution in [3.8, 4) is 0 Å². The summed E-state index contributed by atoms with van der Waals surface area (Å²) in [5.41, 5.74) is 3.28. The number of fused-ring (bicyclic) bond motifs is 1. The average Bonchev–Trinajstić information content (AvgIpc) is 3.19. The Hall–Kier alpha value is -2.18. The minimum atomic E-state index is -0.507. The maximum atomic E-state index is 12.6. The summed E-state index contributed by atoms with van der Waals surface area (Å²) in [5.74, 6) is -0.0611. The molecule has 2 aromatic rings. The molecule has 1 aromatic heterocycles. The molecular weight excluding hydrogens is 304 g/mol. The molecule has 1 saturated heterocycles. The highest BCUT2D eigenvalue weighted by Crippen LogP contribution is 2.25. The molecule has 1 amide bonds. The van der Waals surface area contributed by atoms with E-state index < -0.39 is 6.10 Å². The van der Waals surface area contributed by atoms with E-state index >= 15 is 0 Å². The normalized spacial score (nSPS) is 24.2. The van der Waals surface area contributed by atoms with Gasteiger partial charge in [-0.1, -0.05) is 24.3 Å². The maximum absolute atomic E-state index is 12.6. The number of aliphatic hydroxyl groups excluding tert-OH is 1. The number of benzene rings is 1. The van der Waals surface area contributed by atoms with Gasteiger partial charge in [0.15, 0.2) is 0 Å². The predicted molar refractivity (Wildman–Crippen MR) is 89.5 cm³/mol. The molecule has 0 aliphatic carbocycles. The summed E-state index contributed by atoms with van der Waals surface area (Å²) in [5, 5.41) is 14.6. The third-order valence-electron chi connectivity index (χ3n) is 5.22. The van der Waals surface area contributed by atoms with Crippen LogP contribution in [0.2, 0.25) is 0 Å². The zero-order valence-corrected chi connectivity index (χ0v) is 13.8. The summed E-state index contributed by atoms with van der Waals surface area (Å²) < 4.78 is 1.58. The molecule has 2 aliphatic rings. The fourth-order valence-corrected chi connectivity index (χ4v) is 3.84. The molecule has 1 N–H and O–H groups in total. The van der Waals surface area contributed by atoms with Gasteiger partial charge in [-0.25, -0.2) is 0 Å². The van der Waals surface area contributed by atoms with Crippen LogP contribution in [-0.4, -0.2) is 62.4 Å². The highest BCUT2D eigenvalue weighted by atomic mass is 16.3. The van der Waals surface area contributed by atoms with Crippen LogP contribution in [0.5, 0.6) is 0 Å². The first-order valence-corrected chi connectivity index (χ1v) is 8.39. The number of carbonyl (C=O) groups excluding carboxylic acids is 1. The molecule has 4 rings (SSSR count). The highest BCUT2D eigenvalue weighted by molar-refractivity contribution is 5.92. The summed E-state index contributed by atoms with van der Waals surface area (Å²) in [7, 11) is 1.76. The van der Waals surface area contributed by atoms with Crippen molar-refractivity contribution in [2.45, 2.75) is 25.1 Å². The molecule has 0 radical (unpaired) electrons. The van der Waals surface area contributed by atoms with Gasteiger partial charge >= 0.3 is 0 Å². The van der Waals surface area contributed by atoms with Crippen molar-refractivity contribution in [2.24, 2.45) is 7.05 Å². The zero-order chi connectivity index (χ0) is 16.7. The number of amides is 1. The Bertz CT molecular complexity index is 757. The average molecular weight is 326 g/mol. The van der Waals surface area contributed by atoms with E-state index in [1.165, 1.54) is 11.1 Å². The predicted octanol–water partition coefficient (Wildman–Crippen LogP) is 0.664. The van der Waals surface area contributed by atoms with E-state index in [2.05, 4.69) is 34.3 Å². The fourth-order valence-electron chi connectivity index (χ4n) is 3.84. The Labute approximate surface area is 141 Å². The lowest BCUT2D eigenvalue weighted by Gasteiger charge is -2.34. The first-order chi connectivity index (χ1) is 11.6. The molecule has 0 saturated carbocycles. The SMILES string of the molecule is Cn1nccc1C(=O)N1C[C@@H](O)[C@H](N2CCc3ccccc3C2)C1. The van der Waals surface area contributed by atoms with Gasteiger partial charge in [-0.05, 0) is 23.6 Å². The van der Waals surface area contributed by atoms with Crippen molar-refractivity contribution < 1.29 is 9.90 Å². The molecule has 6 nitrogen and oxygen atoms in total. The zero-order valence-electron chi connectivity index (χ0n) is 13.8. The van der Waals surface area contributed by atoms with Gasteiger partial charge < -0.3 is 10.0 Å². The first kappa shape index (κ1) is 15.4. The van der Waals surface area contributed by atoms with E-state index in [1.54, 1.807) is 28.9 Å². The van der Waals surface area contributed by atoms with Crippen molar-refractivity contribution in [1.82, 2.24) is 19.6 Å². The van der Waals surface area contributed by atoms with Crippen molar-refractivity contribution in [3.63, 3.8) is 0 Å². The number of likely N-dealkylation sites (tertiary alicyclic amines) is 1. The van der Waals surface area contributed by atoms with Gasteiger partial charge in [0.2, 0.25) is 0 Å². The number of aromatic nitrogens is 2. The third kappa shape index (κ3) is 2.61. The van der Waals surface area contributed by atoms with Crippen molar-refractivity contribution in [2.75, 3.05) is 19.6 Å². The fraction of sp³-hybridized carbons (Fsp3) is 0.444.